The van der Waals surface area contributed by atoms with Gasteiger partial charge in [-0.05, 0) is 36.3 Å². The Bertz CT molecular complexity index is 761. The van der Waals surface area contributed by atoms with Gasteiger partial charge >= 0.3 is 0 Å². The second-order valence-electron chi connectivity index (χ2n) is 4.03. The van der Waals surface area contributed by atoms with Gasteiger partial charge in [-0.25, -0.2) is 17.1 Å². The summed E-state index contributed by atoms with van der Waals surface area (Å²) < 4.78 is 38.3. The van der Waals surface area contributed by atoms with Crippen LogP contribution in [0, 0.1) is 17.8 Å². The summed E-state index contributed by atoms with van der Waals surface area (Å²) in [5.41, 5.74) is 0.703. The Labute approximate surface area is 117 Å². The molecule has 2 aromatic carbocycles. The molecular formula is C15H12FNO2S. The molecule has 0 bridgehead atoms. The van der Waals surface area contributed by atoms with E-state index in [0.29, 0.717) is 5.56 Å². The number of nitrogens with zero attached hydrogens (tertiary/aromatic N) is 1. The van der Waals surface area contributed by atoms with Crippen LogP contribution in [0.4, 0.5) is 4.39 Å². The highest BCUT2D eigenvalue weighted by atomic mass is 32.2. The Kier molecular flexibility index (Phi) is 4.06. The molecule has 5 heteroatoms. The maximum atomic E-state index is 13.1. The van der Waals surface area contributed by atoms with E-state index in [1.54, 1.807) is 12.1 Å². The van der Waals surface area contributed by atoms with Crippen molar-refractivity contribution in [3.8, 4) is 12.0 Å². The van der Waals surface area contributed by atoms with Gasteiger partial charge in [0.25, 0.3) is 10.0 Å². The number of halogens is 1. The Morgan fingerprint density at radius 2 is 1.75 bits per heavy atom. The molecule has 102 valence electrons. The topological polar surface area (TPSA) is 37.4 Å². The third-order valence-corrected chi connectivity index (χ3v) is 4.25. The molecule has 0 N–H and O–H groups in total. The highest BCUT2D eigenvalue weighted by Gasteiger charge is 2.18. The van der Waals surface area contributed by atoms with Crippen LogP contribution in [0.1, 0.15) is 5.56 Å². The zero-order valence-electron chi connectivity index (χ0n) is 10.7. The Balaban J connectivity index is 2.29. The second kappa shape index (κ2) is 5.76. The van der Waals surface area contributed by atoms with Gasteiger partial charge in [0.05, 0.1) is 4.90 Å². The third kappa shape index (κ3) is 3.16. The van der Waals surface area contributed by atoms with Crippen LogP contribution in [0.2, 0.25) is 0 Å². The van der Waals surface area contributed by atoms with E-state index < -0.39 is 15.8 Å². The molecule has 0 amide bonds. The van der Waals surface area contributed by atoms with Crippen molar-refractivity contribution in [3.63, 3.8) is 0 Å². The van der Waals surface area contributed by atoms with Crippen LogP contribution in [0.25, 0.3) is 0 Å². The summed E-state index contributed by atoms with van der Waals surface area (Å²) in [6, 6.07) is 16.4. The number of benzene rings is 2. The van der Waals surface area contributed by atoms with Gasteiger partial charge < -0.3 is 0 Å². The quantitative estimate of drug-likeness (QED) is 0.629. The van der Waals surface area contributed by atoms with Crippen LogP contribution >= 0.6 is 0 Å². The first-order valence-corrected chi connectivity index (χ1v) is 7.25. The van der Waals surface area contributed by atoms with E-state index in [9.17, 15) is 12.8 Å². The van der Waals surface area contributed by atoms with Crippen LogP contribution in [-0.4, -0.2) is 19.8 Å². The molecule has 3 nitrogen and oxygen atoms in total. The molecular weight excluding hydrogens is 277 g/mol. The first kappa shape index (κ1) is 14.1. The van der Waals surface area contributed by atoms with Gasteiger partial charge in [0.2, 0.25) is 0 Å². The average molecular weight is 289 g/mol. The predicted molar refractivity (Wildman–Crippen MR) is 74.7 cm³/mol. The predicted octanol–water partition coefficient (Wildman–Crippen LogP) is 2.46. The average Bonchev–Trinajstić information content (AvgIpc) is 2.45. The lowest BCUT2D eigenvalue weighted by Crippen LogP contribution is -2.22. The van der Waals surface area contributed by atoms with Crippen molar-refractivity contribution < 1.29 is 12.8 Å². The highest BCUT2D eigenvalue weighted by Crippen LogP contribution is 2.14. The summed E-state index contributed by atoms with van der Waals surface area (Å²) in [7, 11) is -2.48. The van der Waals surface area contributed by atoms with Crippen molar-refractivity contribution in [2.45, 2.75) is 4.90 Å². The molecule has 0 atom stereocenters. The van der Waals surface area contributed by atoms with Gasteiger partial charge in [-0.1, -0.05) is 24.3 Å². The van der Waals surface area contributed by atoms with Crippen molar-refractivity contribution in [1.29, 1.82) is 0 Å². The molecule has 0 spiro atoms. The van der Waals surface area contributed by atoms with Crippen molar-refractivity contribution in [2.24, 2.45) is 0 Å². The van der Waals surface area contributed by atoms with Crippen LogP contribution in [0.5, 0.6) is 0 Å². The fourth-order valence-corrected chi connectivity index (χ4v) is 2.50. The first-order valence-electron chi connectivity index (χ1n) is 5.81. The van der Waals surface area contributed by atoms with E-state index in [0.717, 1.165) is 10.4 Å². The first-order chi connectivity index (χ1) is 9.50. The standard InChI is InChI=1S/C15H12FNO2S/c1-17(11-10-13-6-3-2-4-7-13)20(18,19)15-9-5-8-14(16)12-15/h2-9,12H,1H3. The molecule has 0 aliphatic heterocycles. The largest absolute Gasteiger partial charge is 0.270 e. The summed E-state index contributed by atoms with van der Waals surface area (Å²) in [6.45, 7) is 0. The Morgan fingerprint density at radius 3 is 2.40 bits per heavy atom. The molecule has 0 radical (unpaired) electrons. The SMILES string of the molecule is CN(C#Cc1ccccc1)S(=O)(=O)c1cccc(F)c1. The summed E-state index contributed by atoms with van der Waals surface area (Å²) in [4.78, 5) is -0.123. The number of sulfonamides is 1. The second-order valence-corrected chi connectivity index (χ2v) is 6.00. The maximum absolute atomic E-state index is 13.1. The normalized spacial score (nSPS) is 10.5. The number of hydrogen-bond donors (Lipinski definition) is 0. The summed E-state index contributed by atoms with van der Waals surface area (Å²) >= 11 is 0. The van der Waals surface area contributed by atoms with Crippen LogP contribution < -0.4 is 0 Å². The molecule has 2 aromatic rings. The maximum Gasteiger partial charge on any atom is 0.270 e. The van der Waals surface area contributed by atoms with Crippen LogP contribution in [-0.2, 0) is 10.0 Å². The zero-order valence-corrected chi connectivity index (χ0v) is 11.6. The minimum atomic E-state index is -3.81. The lowest BCUT2D eigenvalue weighted by atomic mass is 10.2. The lowest BCUT2D eigenvalue weighted by Gasteiger charge is -2.11. The van der Waals surface area contributed by atoms with Gasteiger partial charge in [0.1, 0.15) is 5.82 Å². The molecule has 20 heavy (non-hydrogen) atoms. The van der Waals surface area contributed by atoms with E-state index in [1.807, 2.05) is 18.2 Å². The van der Waals surface area contributed by atoms with Crippen molar-refractivity contribution in [2.75, 3.05) is 7.05 Å². The molecule has 0 saturated heterocycles. The molecule has 0 fully saturated rings. The minimum absolute atomic E-state index is 0.123. The zero-order chi connectivity index (χ0) is 14.6. The fourth-order valence-electron chi connectivity index (χ4n) is 1.51. The van der Waals surface area contributed by atoms with E-state index in [4.69, 9.17) is 0 Å². The molecule has 0 aliphatic carbocycles. The van der Waals surface area contributed by atoms with Crippen molar-refractivity contribution in [3.05, 3.63) is 66.0 Å². The molecule has 0 unspecified atom stereocenters. The molecule has 0 aromatic heterocycles. The molecule has 0 aliphatic rings. The number of hydrogen-bond acceptors (Lipinski definition) is 2. The highest BCUT2D eigenvalue weighted by molar-refractivity contribution is 7.89. The lowest BCUT2D eigenvalue weighted by molar-refractivity contribution is 0.544. The van der Waals surface area contributed by atoms with Gasteiger partial charge in [0.15, 0.2) is 0 Å². The van der Waals surface area contributed by atoms with Gasteiger partial charge in [-0.15, -0.1) is 0 Å². The van der Waals surface area contributed by atoms with Crippen molar-refractivity contribution in [1.82, 2.24) is 4.31 Å². The minimum Gasteiger partial charge on any atom is -0.227 e. The van der Waals surface area contributed by atoms with Gasteiger partial charge in [-0.2, -0.15) is 0 Å². The van der Waals surface area contributed by atoms with Gasteiger partial charge in [-0.3, -0.25) is 0 Å². The smallest absolute Gasteiger partial charge is 0.227 e. The van der Waals surface area contributed by atoms with Gasteiger partial charge in [0, 0.05) is 18.7 Å². The van der Waals surface area contributed by atoms with Crippen molar-refractivity contribution >= 4 is 10.0 Å². The summed E-state index contributed by atoms with van der Waals surface area (Å²) in [5.74, 6) is 2.14. The van der Waals surface area contributed by atoms with Crippen LogP contribution in [0.15, 0.2) is 59.5 Å². The van der Waals surface area contributed by atoms with E-state index in [-0.39, 0.29) is 4.90 Å². The molecule has 0 saturated carbocycles. The molecule has 0 heterocycles. The van der Waals surface area contributed by atoms with E-state index >= 15 is 0 Å². The number of rotatable bonds is 2. The van der Waals surface area contributed by atoms with Crippen LogP contribution in [0.3, 0.4) is 0 Å². The third-order valence-electron chi connectivity index (χ3n) is 2.59. The monoisotopic (exact) mass is 289 g/mol. The summed E-state index contributed by atoms with van der Waals surface area (Å²) in [5, 5.41) is 0. The fraction of sp³-hybridized carbons (Fsp3) is 0.0667. The summed E-state index contributed by atoms with van der Waals surface area (Å²) in [6.07, 6.45) is 0. The molecule has 2 rings (SSSR count). The van der Waals surface area contributed by atoms with E-state index in [2.05, 4.69) is 12.0 Å². The van der Waals surface area contributed by atoms with E-state index in [1.165, 1.54) is 25.2 Å². The Morgan fingerprint density at radius 1 is 1.05 bits per heavy atom. The Hall–Kier alpha value is -2.32.